The van der Waals surface area contributed by atoms with Crippen LogP contribution in [0.1, 0.15) is 26.2 Å². The molecular weight excluding hydrogens is 122 g/mol. The quantitative estimate of drug-likeness (QED) is 0.618. The van der Waals surface area contributed by atoms with E-state index < -0.39 is 0 Å². The maximum Gasteiger partial charge on any atom is -0.00486 e. The molecule has 2 fully saturated rings. The topological polar surface area (TPSA) is 26.0 Å². The smallest absolute Gasteiger partial charge is 0.00486 e. The third-order valence-corrected chi connectivity index (χ3v) is 3.50. The Morgan fingerprint density at radius 3 is 2.50 bits per heavy atom. The van der Waals surface area contributed by atoms with E-state index in [1.807, 2.05) is 0 Å². The lowest BCUT2D eigenvalue weighted by molar-refractivity contribution is 0.433. The molecule has 1 nitrogen and oxygen atoms in total. The second kappa shape index (κ2) is 2.23. The molecule has 10 heavy (non-hydrogen) atoms. The van der Waals surface area contributed by atoms with Gasteiger partial charge in [0.2, 0.25) is 0 Å². The molecule has 0 aromatic carbocycles. The number of nitrogens with two attached hydrogens (primary N) is 1. The highest BCUT2D eigenvalue weighted by Gasteiger charge is 2.53. The summed E-state index contributed by atoms with van der Waals surface area (Å²) in [4.78, 5) is 0. The van der Waals surface area contributed by atoms with Gasteiger partial charge in [0, 0.05) is 0 Å². The Balaban J connectivity index is 1.88. The van der Waals surface area contributed by atoms with Gasteiger partial charge in [0.1, 0.15) is 0 Å². The van der Waals surface area contributed by atoms with Gasteiger partial charge in [-0.15, -0.1) is 0 Å². The molecule has 2 aliphatic rings. The van der Waals surface area contributed by atoms with Gasteiger partial charge in [-0.05, 0) is 43.1 Å². The van der Waals surface area contributed by atoms with Crippen molar-refractivity contribution in [2.24, 2.45) is 29.4 Å². The van der Waals surface area contributed by atoms with E-state index >= 15 is 0 Å². The summed E-state index contributed by atoms with van der Waals surface area (Å²) < 4.78 is 0. The van der Waals surface area contributed by atoms with Crippen LogP contribution < -0.4 is 5.73 Å². The van der Waals surface area contributed by atoms with E-state index in [0.717, 1.165) is 30.2 Å². The molecule has 0 aromatic heterocycles. The van der Waals surface area contributed by atoms with Gasteiger partial charge in [0.25, 0.3) is 0 Å². The molecule has 0 aliphatic heterocycles. The molecule has 0 amide bonds. The van der Waals surface area contributed by atoms with Gasteiger partial charge >= 0.3 is 0 Å². The maximum atomic E-state index is 5.62. The van der Waals surface area contributed by atoms with Crippen molar-refractivity contribution in [2.75, 3.05) is 6.54 Å². The Kier molecular flexibility index (Phi) is 1.48. The SMILES string of the molecule is CC(CN)C1C2CCCC21. The zero-order valence-electron chi connectivity index (χ0n) is 6.72. The summed E-state index contributed by atoms with van der Waals surface area (Å²) in [5.41, 5.74) is 5.62. The summed E-state index contributed by atoms with van der Waals surface area (Å²) in [6.07, 6.45) is 4.49. The van der Waals surface area contributed by atoms with Crippen molar-refractivity contribution in [3.05, 3.63) is 0 Å². The Labute approximate surface area is 63.0 Å². The third kappa shape index (κ3) is 0.800. The average Bonchev–Trinajstić information content (AvgIpc) is 2.43. The first kappa shape index (κ1) is 6.66. The van der Waals surface area contributed by atoms with Crippen molar-refractivity contribution < 1.29 is 0 Å². The van der Waals surface area contributed by atoms with Crippen LogP contribution in [0.3, 0.4) is 0 Å². The molecule has 2 aliphatic carbocycles. The van der Waals surface area contributed by atoms with E-state index in [0.29, 0.717) is 0 Å². The highest BCUT2D eigenvalue weighted by atomic mass is 14.6. The lowest BCUT2D eigenvalue weighted by atomic mass is 9.99. The monoisotopic (exact) mass is 139 g/mol. The Hall–Kier alpha value is -0.0400. The molecule has 2 N–H and O–H groups in total. The van der Waals surface area contributed by atoms with Gasteiger partial charge in [-0.2, -0.15) is 0 Å². The lowest BCUT2D eigenvalue weighted by Gasteiger charge is -2.09. The first-order valence-corrected chi connectivity index (χ1v) is 4.54. The summed E-state index contributed by atoms with van der Waals surface area (Å²) in [5, 5.41) is 0. The molecule has 3 atom stereocenters. The number of hydrogen-bond donors (Lipinski definition) is 1. The van der Waals surface area contributed by atoms with E-state index in [4.69, 9.17) is 5.73 Å². The molecule has 0 heterocycles. The Morgan fingerprint density at radius 2 is 2.00 bits per heavy atom. The van der Waals surface area contributed by atoms with Crippen LogP contribution in [-0.2, 0) is 0 Å². The summed E-state index contributed by atoms with van der Waals surface area (Å²) in [7, 11) is 0. The van der Waals surface area contributed by atoms with E-state index in [9.17, 15) is 0 Å². The molecule has 58 valence electrons. The van der Waals surface area contributed by atoms with E-state index in [1.165, 1.54) is 19.3 Å². The van der Waals surface area contributed by atoms with Crippen molar-refractivity contribution in [3.63, 3.8) is 0 Å². The zero-order valence-corrected chi connectivity index (χ0v) is 6.72. The molecule has 3 unspecified atom stereocenters. The van der Waals surface area contributed by atoms with Gasteiger partial charge < -0.3 is 5.73 Å². The van der Waals surface area contributed by atoms with Crippen LogP contribution in [0.4, 0.5) is 0 Å². The van der Waals surface area contributed by atoms with Gasteiger partial charge in [-0.1, -0.05) is 13.3 Å². The van der Waals surface area contributed by atoms with Crippen LogP contribution in [0.25, 0.3) is 0 Å². The minimum atomic E-state index is 0.801. The standard InChI is InChI=1S/C9H17N/c1-6(5-10)9-7-3-2-4-8(7)9/h6-9H,2-5,10H2,1H3. The largest absolute Gasteiger partial charge is 0.330 e. The van der Waals surface area contributed by atoms with Crippen molar-refractivity contribution in [3.8, 4) is 0 Å². The second-order valence-electron chi connectivity index (χ2n) is 4.05. The predicted octanol–water partition coefficient (Wildman–Crippen LogP) is 1.63. The zero-order chi connectivity index (χ0) is 7.14. The second-order valence-corrected chi connectivity index (χ2v) is 4.05. The van der Waals surface area contributed by atoms with Crippen molar-refractivity contribution in [1.82, 2.24) is 0 Å². The summed E-state index contributed by atoms with van der Waals surface area (Å²) >= 11 is 0. The molecule has 2 rings (SSSR count). The van der Waals surface area contributed by atoms with E-state index in [2.05, 4.69) is 6.92 Å². The number of rotatable bonds is 2. The Morgan fingerprint density at radius 1 is 1.40 bits per heavy atom. The normalized spacial score (nSPS) is 46.8. The van der Waals surface area contributed by atoms with Crippen molar-refractivity contribution in [2.45, 2.75) is 26.2 Å². The first-order valence-electron chi connectivity index (χ1n) is 4.54. The van der Waals surface area contributed by atoms with Crippen molar-refractivity contribution >= 4 is 0 Å². The predicted molar refractivity (Wildman–Crippen MR) is 42.5 cm³/mol. The summed E-state index contributed by atoms with van der Waals surface area (Å²) in [5.74, 6) is 4.02. The first-order chi connectivity index (χ1) is 4.84. The van der Waals surface area contributed by atoms with Gasteiger partial charge in [0.05, 0.1) is 0 Å². The number of hydrogen-bond acceptors (Lipinski definition) is 1. The van der Waals surface area contributed by atoms with E-state index in [1.54, 1.807) is 0 Å². The van der Waals surface area contributed by atoms with Crippen LogP contribution >= 0.6 is 0 Å². The average molecular weight is 139 g/mol. The molecule has 0 spiro atoms. The van der Waals surface area contributed by atoms with E-state index in [-0.39, 0.29) is 0 Å². The van der Waals surface area contributed by atoms with Crippen LogP contribution in [-0.4, -0.2) is 6.54 Å². The van der Waals surface area contributed by atoms with Crippen molar-refractivity contribution in [1.29, 1.82) is 0 Å². The minimum absolute atomic E-state index is 0.801. The lowest BCUT2D eigenvalue weighted by Crippen LogP contribution is -2.14. The maximum absolute atomic E-state index is 5.62. The molecule has 0 saturated heterocycles. The molecule has 0 radical (unpaired) electrons. The van der Waals surface area contributed by atoms with Gasteiger partial charge in [0.15, 0.2) is 0 Å². The molecule has 2 saturated carbocycles. The fourth-order valence-corrected chi connectivity index (χ4v) is 2.88. The van der Waals surface area contributed by atoms with Crippen LogP contribution in [0.2, 0.25) is 0 Å². The van der Waals surface area contributed by atoms with Crippen LogP contribution in [0, 0.1) is 23.7 Å². The fourth-order valence-electron chi connectivity index (χ4n) is 2.88. The summed E-state index contributed by atoms with van der Waals surface area (Å²) in [6, 6.07) is 0. The van der Waals surface area contributed by atoms with Gasteiger partial charge in [-0.25, -0.2) is 0 Å². The number of fused-ring (bicyclic) bond motifs is 1. The van der Waals surface area contributed by atoms with Gasteiger partial charge in [-0.3, -0.25) is 0 Å². The fraction of sp³-hybridized carbons (Fsp3) is 1.00. The third-order valence-electron chi connectivity index (χ3n) is 3.50. The molecule has 0 bridgehead atoms. The highest BCUT2D eigenvalue weighted by Crippen LogP contribution is 2.60. The van der Waals surface area contributed by atoms with Crippen LogP contribution in [0.5, 0.6) is 0 Å². The molecule has 1 heteroatoms. The van der Waals surface area contributed by atoms with Crippen LogP contribution in [0.15, 0.2) is 0 Å². The summed E-state index contributed by atoms with van der Waals surface area (Å²) in [6.45, 7) is 3.21. The minimum Gasteiger partial charge on any atom is -0.330 e. The molecule has 0 aromatic rings. The molecular formula is C9H17N. The Bertz CT molecular complexity index is 120. The highest BCUT2D eigenvalue weighted by molar-refractivity contribution is 5.02.